The topological polar surface area (TPSA) is 104 Å². The highest BCUT2D eigenvalue weighted by molar-refractivity contribution is 6.07. The van der Waals surface area contributed by atoms with E-state index in [0.717, 1.165) is 5.57 Å². The largest absolute Gasteiger partial charge is 0.493 e. The lowest BCUT2D eigenvalue weighted by Gasteiger charge is -2.43. The minimum Gasteiger partial charge on any atom is -0.493 e. The van der Waals surface area contributed by atoms with Gasteiger partial charge in [-0.25, -0.2) is 0 Å². The molecule has 2 unspecified atom stereocenters. The van der Waals surface area contributed by atoms with Gasteiger partial charge in [-0.15, -0.1) is 0 Å². The highest BCUT2D eigenvalue weighted by Crippen LogP contribution is 2.49. The summed E-state index contributed by atoms with van der Waals surface area (Å²) >= 11 is 0. The molecule has 0 amide bonds. The first-order valence-corrected chi connectivity index (χ1v) is 11.7. The summed E-state index contributed by atoms with van der Waals surface area (Å²) in [6.07, 6.45) is 5.38. The molecule has 36 heavy (non-hydrogen) atoms. The zero-order valence-electron chi connectivity index (χ0n) is 21.2. The van der Waals surface area contributed by atoms with Crippen LogP contribution >= 0.6 is 0 Å². The Hall–Kier alpha value is -3.49. The van der Waals surface area contributed by atoms with E-state index in [1.165, 1.54) is 14.2 Å². The molecular weight excluding hydrogens is 464 g/mol. The van der Waals surface area contributed by atoms with Gasteiger partial charge in [0.05, 0.1) is 25.4 Å². The number of carbonyl (C=O) groups is 1. The van der Waals surface area contributed by atoms with Crippen LogP contribution in [-0.4, -0.2) is 55.1 Å². The van der Waals surface area contributed by atoms with Gasteiger partial charge in [-0.1, -0.05) is 17.7 Å². The van der Waals surface area contributed by atoms with Crippen LogP contribution in [0, 0.1) is 0 Å². The van der Waals surface area contributed by atoms with Gasteiger partial charge in [-0.3, -0.25) is 4.79 Å². The van der Waals surface area contributed by atoms with Crippen LogP contribution in [0.1, 0.15) is 43.1 Å². The fraction of sp³-hybridized carbons (Fsp3) is 0.393. The summed E-state index contributed by atoms with van der Waals surface area (Å²) in [6, 6.07) is 8.07. The first-order valence-electron chi connectivity index (χ1n) is 11.7. The first-order chi connectivity index (χ1) is 17.1. The lowest BCUT2D eigenvalue weighted by molar-refractivity contribution is -0.0800. The number of carbonyl (C=O) groups excluding carboxylic acids is 1. The van der Waals surface area contributed by atoms with Crippen LogP contribution in [0.2, 0.25) is 0 Å². The van der Waals surface area contributed by atoms with E-state index < -0.39 is 23.1 Å². The van der Waals surface area contributed by atoms with Crippen molar-refractivity contribution >= 4 is 5.78 Å². The maximum absolute atomic E-state index is 13.5. The SMILES string of the molecule is COc1cc2c(cc1OC)C1(O)C(=O)c3ccc(OC/C=C(\C)C/C=C/C(C)(C)O)cc3OC1CO2. The molecule has 2 atom stereocenters. The number of methoxy groups -OCH3 is 2. The molecule has 0 saturated carbocycles. The standard InChI is InChI=1S/C28H32O8/c1-17(7-6-11-27(2,3)30)10-12-34-18-8-9-19-21(13-18)36-25-16-35-22-15-24(33-5)23(32-4)14-20(22)28(25,31)26(19)29/h6,8-11,13-15,25,30-31H,7,12,16H2,1-5H3/b11-6+,17-10+. The zero-order valence-corrected chi connectivity index (χ0v) is 21.2. The van der Waals surface area contributed by atoms with Crippen LogP contribution in [0.3, 0.4) is 0 Å². The molecule has 2 N–H and O–H groups in total. The quantitative estimate of drug-likeness (QED) is 0.529. The van der Waals surface area contributed by atoms with Crippen molar-refractivity contribution in [1.29, 1.82) is 0 Å². The summed E-state index contributed by atoms with van der Waals surface area (Å²) in [6.45, 7) is 5.75. The Balaban J connectivity index is 1.53. The highest BCUT2D eigenvalue weighted by atomic mass is 16.6. The smallest absolute Gasteiger partial charge is 0.206 e. The monoisotopic (exact) mass is 496 g/mol. The van der Waals surface area contributed by atoms with E-state index in [9.17, 15) is 15.0 Å². The molecular formula is C28H32O8. The summed E-state index contributed by atoms with van der Waals surface area (Å²) in [4.78, 5) is 13.5. The zero-order chi connectivity index (χ0) is 26.1. The molecule has 0 aromatic heterocycles. The molecule has 0 radical (unpaired) electrons. The van der Waals surface area contributed by atoms with Gasteiger partial charge in [0.25, 0.3) is 0 Å². The molecule has 2 aromatic carbocycles. The first kappa shape index (κ1) is 25.6. The average Bonchev–Trinajstić information content (AvgIpc) is 2.83. The molecule has 0 spiro atoms. The number of Topliss-reactive ketones (excluding diaryl/α,β-unsaturated/α-hetero) is 1. The van der Waals surface area contributed by atoms with Crippen LogP contribution in [0.4, 0.5) is 0 Å². The number of hydrogen-bond donors (Lipinski definition) is 2. The van der Waals surface area contributed by atoms with Crippen molar-refractivity contribution in [1.82, 2.24) is 0 Å². The van der Waals surface area contributed by atoms with Crippen molar-refractivity contribution in [2.75, 3.05) is 27.4 Å². The molecule has 8 nitrogen and oxygen atoms in total. The summed E-state index contributed by atoms with van der Waals surface area (Å²) < 4.78 is 28.4. The molecule has 8 heteroatoms. The van der Waals surface area contributed by atoms with E-state index in [0.29, 0.717) is 41.8 Å². The number of rotatable bonds is 8. The van der Waals surface area contributed by atoms with Crippen molar-refractivity contribution in [2.24, 2.45) is 0 Å². The third-order valence-corrected chi connectivity index (χ3v) is 6.21. The lowest BCUT2D eigenvalue weighted by Crippen LogP contribution is -2.57. The van der Waals surface area contributed by atoms with E-state index >= 15 is 0 Å². The Morgan fingerprint density at radius 3 is 2.58 bits per heavy atom. The van der Waals surface area contributed by atoms with Crippen LogP contribution in [0.15, 0.2) is 54.1 Å². The molecule has 0 fully saturated rings. The number of ether oxygens (including phenoxy) is 5. The van der Waals surface area contributed by atoms with Gasteiger partial charge < -0.3 is 33.9 Å². The van der Waals surface area contributed by atoms with Gasteiger partial charge in [0, 0.05) is 17.7 Å². The van der Waals surface area contributed by atoms with Crippen molar-refractivity contribution in [2.45, 2.75) is 44.5 Å². The third kappa shape index (κ3) is 4.92. The molecule has 2 heterocycles. The maximum atomic E-state index is 13.5. The number of allylic oxidation sites excluding steroid dienone is 2. The second kappa shape index (κ2) is 9.87. The Morgan fingerprint density at radius 2 is 1.89 bits per heavy atom. The second-order valence-corrected chi connectivity index (χ2v) is 9.50. The van der Waals surface area contributed by atoms with Crippen LogP contribution in [0.25, 0.3) is 0 Å². The van der Waals surface area contributed by atoms with Gasteiger partial charge in [-0.2, -0.15) is 0 Å². The predicted octanol–water partition coefficient (Wildman–Crippen LogP) is 3.97. The Kier molecular flexibility index (Phi) is 7.02. The van der Waals surface area contributed by atoms with Gasteiger partial charge in [-0.05, 0) is 51.5 Å². The summed E-state index contributed by atoms with van der Waals surface area (Å²) in [5.74, 6) is 1.52. The molecule has 0 aliphatic carbocycles. The predicted molar refractivity (Wildman–Crippen MR) is 133 cm³/mol. The molecule has 2 aliphatic rings. The lowest BCUT2D eigenvalue weighted by atomic mass is 9.77. The normalized spacial score (nSPS) is 21.1. The number of aliphatic hydroxyl groups is 2. The van der Waals surface area contributed by atoms with E-state index in [-0.39, 0.29) is 17.7 Å². The van der Waals surface area contributed by atoms with Crippen molar-refractivity contribution in [3.63, 3.8) is 0 Å². The van der Waals surface area contributed by atoms with Gasteiger partial charge in [0.2, 0.25) is 5.78 Å². The van der Waals surface area contributed by atoms with Gasteiger partial charge in [0.1, 0.15) is 30.5 Å². The number of fused-ring (bicyclic) bond motifs is 4. The van der Waals surface area contributed by atoms with Gasteiger partial charge >= 0.3 is 0 Å². The summed E-state index contributed by atoms with van der Waals surface area (Å²) in [5, 5.41) is 21.4. The van der Waals surface area contributed by atoms with E-state index in [1.807, 2.05) is 19.1 Å². The maximum Gasteiger partial charge on any atom is 0.206 e. The van der Waals surface area contributed by atoms with Gasteiger partial charge in [0.15, 0.2) is 23.2 Å². The molecule has 192 valence electrons. The van der Waals surface area contributed by atoms with Crippen LogP contribution in [-0.2, 0) is 5.60 Å². The van der Waals surface area contributed by atoms with Crippen molar-refractivity contribution in [3.05, 3.63) is 65.3 Å². The fourth-order valence-electron chi connectivity index (χ4n) is 4.26. The Morgan fingerprint density at radius 1 is 1.17 bits per heavy atom. The molecule has 4 rings (SSSR count). The van der Waals surface area contributed by atoms with Crippen LogP contribution < -0.4 is 23.7 Å². The summed E-state index contributed by atoms with van der Waals surface area (Å²) in [5.41, 5.74) is -1.15. The minimum absolute atomic E-state index is 0.0185. The minimum atomic E-state index is -1.93. The van der Waals surface area contributed by atoms with Crippen molar-refractivity contribution < 1.29 is 38.7 Å². The molecule has 0 saturated heterocycles. The van der Waals surface area contributed by atoms with E-state index in [4.69, 9.17) is 23.7 Å². The summed E-state index contributed by atoms with van der Waals surface area (Å²) in [7, 11) is 2.98. The second-order valence-electron chi connectivity index (χ2n) is 9.50. The molecule has 2 aromatic rings. The van der Waals surface area contributed by atoms with E-state index in [2.05, 4.69) is 0 Å². The third-order valence-electron chi connectivity index (χ3n) is 6.21. The highest BCUT2D eigenvalue weighted by Gasteiger charge is 2.56. The molecule has 0 bridgehead atoms. The fourth-order valence-corrected chi connectivity index (χ4v) is 4.26. The Bertz CT molecular complexity index is 1210. The van der Waals surface area contributed by atoms with Crippen molar-refractivity contribution in [3.8, 4) is 28.7 Å². The Labute approximate surface area is 210 Å². The molecule has 2 aliphatic heterocycles. The van der Waals surface area contributed by atoms with E-state index in [1.54, 1.807) is 50.3 Å². The van der Waals surface area contributed by atoms with Crippen LogP contribution in [0.5, 0.6) is 28.7 Å². The number of ketones is 1. The average molecular weight is 497 g/mol. The number of benzene rings is 2. The number of hydrogen-bond acceptors (Lipinski definition) is 8.